The van der Waals surface area contributed by atoms with Crippen molar-refractivity contribution in [1.82, 2.24) is 9.13 Å². The fraction of sp³-hybridized carbons (Fsp3) is 0. The van der Waals surface area contributed by atoms with Gasteiger partial charge in [-0.25, -0.2) is 0 Å². The predicted octanol–water partition coefficient (Wildman–Crippen LogP) is 11.2. The lowest BCUT2D eigenvalue weighted by atomic mass is 9.99. The zero-order chi connectivity index (χ0) is 41.2. The van der Waals surface area contributed by atoms with Crippen LogP contribution in [0.15, 0.2) is 170 Å². The quantitative estimate of drug-likeness (QED) is 0.198. The molecule has 0 amide bonds. The third kappa shape index (κ3) is 3.75. The van der Waals surface area contributed by atoms with E-state index in [2.05, 4.69) is 0 Å². The van der Waals surface area contributed by atoms with E-state index in [0.29, 0.717) is 11.3 Å². The maximum Gasteiger partial charge on any atom is 0.0652 e. The number of nitrogens with zero attached hydrogens (tertiary/aromatic N) is 2. The zero-order valence-electron chi connectivity index (χ0n) is 37.0. The summed E-state index contributed by atoms with van der Waals surface area (Å²) < 4.78 is 130. The number of aromatic nitrogens is 2. The van der Waals surface area contributed by atoms with E-state index in [0.717, 1.165) is 15.7 Å². The lowest BCUT2D eigenvalue weighted by Gasteiger charge is -2.12. The molecule has 2 aromatic heterocycles. The second kappa shape index (κ2) is 9.86. The first-order valence-corrected chi connectivity index (χ1v) is 14.0. The van der Waals surface area contributed by atoms with Crippen molar-refractivity contribution in [2.24, 2.45) is 0 Å². The molecule has 206 valence electrons. The van der Waals surface area contributed by atoms with Gasteiger partial charge in [-0.1, -0.05) is 121 Å². The molecular formula is C42H28N2. The number of hydrogen-bond acceptors (Lipinski definition) is 0. The van der Waals surface area contributed by atoms with E-state index in [4.69, 9.17) is 12.3 Å². The van der Waals surface area contributed by atoms with Crippen LogP contribution >= 0.6 is 0 Å². The summed E-state index contributed by atoms with van der Waals surface area (Å²) in [6.45, 7) is 0. The largest absolute Gasteiger partial charge is 0.309 e. The fourth-order valence-corrected chi connectivity index (χ4v) is 5.95. The second-order valence-corrected chi connectivity index (χ2v) is 10.3. The van der Waals surface area contributed by atoms with Crippen molar-refractivity contribution in [2.75, 3.05) is 0 Å². The Balaban J connectivity index is 1.53. The van der Waals surface area contributed by atoms with Crippen LogP contribution in [0.5, 0.6) is 0 Å². The van der Waals surface area contributed by atoms with E-state index in [1.54, 1.807) is 48.5 Å². The summed E-state index contributed by atoms with van der Waals surface area (Å²) in [5, 5.41) is -0.336. The monoisotopic (exact) mass is 574 g/mol. The van der Waals surface area contributed by atoms with E-state index >= 15 is 0 Å². The zero-order valence-corrected chi connectivity index (χ0v) is 23.0. The van der Waals surface area contributed by atoms with Crippen LogP contribution < -0.4 is 0 Å². The highest BCUT2D eigenvalue weighted by Crippen LogP contribution is 2.40. The van der Waals surface area contributed by atoms with Gasteiger partial charge >= 0.3 is 0 Å². The van der Waals surface area contributed by atoms with Gasteiger partial charge in [0.25, 0.3) is 0 Å². The predicted molar refractivity (Wildman–Crippen MR) is 186 cm³/mol. The summed E-state index contributed by atoms with van der Waals surface area (Å²) in [4.78, 5) is 0. The normalized spacial score (nSPS) is 16.1. The van der Waals surface area contributed by atoms with Crippen molar-refractivity contribution in [3.05, 3.63) is 170 Å². The van der Waals surface area contributed by atoms with Gasteiger partial charge in [0.05, 0.1) is 41.3 Å². The summed E-state index contributed by atoms with van der Waals surface area (Å²) in [6.07, 6.45) is 0. The third-order valence-electron chi connectivity index (χ3n) is 7.86. The fourth-order valence-electron chi connectivity index (χ4n) is 5.95. The average Bonchev–Trinajstić information content (AvgIpc) is 3.78. The lowest BCUT2D eigenvalue weighted by Crippen LogP contribution is -1.96. The van der Waals surface area contributed by atoms with E-state index < -0.39 is 84.2 Å². The number of rotatable bonds is 4. The Labute approximate surface area is 275 Å². The molecule has 0 bridgehead atoms. The Hall–Kier alpha value is -5.86. The first-order chi connectivity index (χ1) is 27.7. The number of fused-ring (bicyclic) bond motifs is 6. The molecule has 0 saturated carbocycles. The average molecular weight is 575 g/mol. The highest BCUT2D eigenvalue weighted by molar-refractivity contribution is 6.16. The third-order valence-corrected chi connectivity index (χ3v) is 7.86. The summed E-state index contributed by atoms with van der Waals surface area (Å²) >= 11 is 0. The van der Waals surface area contributed by atoms with Crippen molar-refractivity contribution in [1.29, 1.82) is 0 Å². The summed E-state index contributed by atoms with van der Waals surface area (Å²) in [6, 6.07) is 17.4. The molecule has 0 spiro atoms. The minimum atomic E-state index is -0.652. The van der Waals surface area contributed by atoms with E-state index in [1.165, 1.54) is 4.57 Å². The minimum absolute atomic E-state index is 0.0201. The first-order valence-electron chi connectivity index (χ1n) is 21.0. The maximum absolute atomic E-state index is 9.91. The molecule has 9 aromatic rings. The molecule has 0 unspecified atom stereocenters. The molecule has 7 aromatic carbocycles. The molecule has 0 atom stereocenters. The van der Waals surface area contributed by atoms with Crippen LogP contribution in [0.1, 0.15) is 19.2 Å². The van der Waals surface area contributed by atoms with Crippen LogP contribution in [0.2, 0.25) is 0 Å². The van der Waals surface area contributed by atoms with Gasteiger partial charge < -0.3 is 9.13 Å². The molecule has 0 aliphatic rings. The second-order valence-electron chi connectivity index (χ2n) is 10.3. The number of hydrogen-bond donors (Lipinski definition) is 0. The topological polar surface area (TPSA) is 9.86 Å². The molecule has 0 radical (unpaired) electrons. The molecule has 2 heterocycles. The molecule has 0 saturated heterocycles. The van der Waals surface area contributed by atoms with Crippen molar-refractivity contribution >= 4 is 43.6 Å². The molecule has 44 heavy (non-hydrogen) atoms. The minimum Gasteiger partial charge on any atom is -0.309 e. The van der Waals surface area contributed by atoms with Crippen LogP contribution in [0.3, 0.4) is 0 Å². The summed E-state index contributed by atoms with van der Waals surface area (Å²) in [7, 11) is 0. The molecule has 0 N–H and O–H groups in total. The van der Waals surface area contributed by atoms with Crippen molar-refractivity contribution in [2.45, 2.75) is 0 Å². The van der Waals surface area contributed by atoms with Gasteiger partial charge in [-0.3, -0.25) is 0 Å². The highest BCUT2D eigenvalue weighted by atomic mass is 15.0. The van der Waals surface area contributed by atoms with Gasteiger partial charge in [-0.05, 0) is 70.6 Å². The van der Waals surface area contributed by atoms with Gasteiger partial charge in [-0.15, -0.1) is 0 Å². The number of benzene rings is 7. The first kappa shape index (κ1) is 14.5. The van der Waals surface area contributed by atoms with Crippen molar-refractivity contribution in [3.8, 4) is 33.6 Å². The van der Waals surface area contributed by atoms with E-state index in [1.807, 2.05) is 36.4 Å². The SMILES string of the molecule is [2H]c1c([2H])c([2H])c2c(c1[2H])c1c([2H])c(-n3c4c([2H])c([2H])c([2H])c([2H])c4c4c(-c5ccccc5)c([2H])c([2H])c([2H])c43)c([2H])c([2H])c1n2-c1cccc(-c2ccccc2)c1. The molecule has 0 aliphatic heterocycles. The molecule has 0 fully saturated rings. The lowest BCUT2D eigenvalue weighted by molar-refractivity contribution is 1.17. The molecule has 9 rings (SSSR count). The van der Waals surface area contributed by atoms with E-state index in [9.17, 15) is 6.85 Å². The highest BCUT2D eigenvalue weighted by Gasteiger charge is 2.18. The van der Waals surface area contributed by atoms with Gasteiger partial charge in [0, 0.05) is 32.9 Å². The van der Waals surface area contributed by atoms with Gasteiger partial charge in [-0.2, -0.15) is 0 Å². The van der Waals surface area contributed by atoms with Gasteiger partial charge in [0.1, 0.15) is 0 Å². The number of para-hydroxylation sites is 2. The van der Waals surface area contributed by atoms with Crippen LogP contribution in [0.25, 0.3) is 77.2 Å². The van der Waals surface area contributed by atoms with Crippen molar-refractivity contribution < 1.29 is 19.2 Å². The maximum atomic E-state index is 9.91. The standard InChI is InChI=1S/C42H28N2/c1-3-13-29(14-4-1)31-17-11-18-32(27-31)43-38-22-9-7-19-35(38)37-28-33(25-26-40(37)43)44-39-23-10-8-20-36(39)42-34(21-12-24-41(42)44)30-15-5-2-6-16-30/h1-28H/i7D,8D,9D,10D,12D,19D,20D,21D,22D,23D,24D,25D,26D,28D. The van der Waals surface area contributed by atoms with Crippen LogP contribution in [-0.4, -0.2) is 9.13 Å². The van der Waals surface area contributed by atoms with Crippen LogP contribution in [0.4, 0.5) is 0 Å². The van der Waals surface area contributed by atoms with Gasteiger partial charge in [0.2, 0.25) is 0 Å². The molecular weight excluding hydrogens is 532 g/mol. The molecule has 2 nitrogen and oxygen atoms in total. The summed E-state index contributed by atoms with van der Waals surface area (Å²) in [5.41, 5.74) is 1.55. The van der Waals surface area contributed by atoms with Gasteiger partial charge in [0.15, 0.2) is 0 Å². The molecule has 0 aliphatic carbocycles. The van der Waals surface area contributed by atoms with Crippen molar-refractivity contribution in [3.63, 3.8) is 0 Å². The van der Waals surface area contributed by atoms with Crippen LogP contribution in [0, 0.1) is 0 Å². The van der Waals surface area contributed by atoms with E-state index in [-0.39, 0.29) is 55.2 Å². The summed E-state index contributed by atoms with van der Waals surface area (Å²) in [5.74, 6) is 0. The smallest absolute Gasteiger partial charge is 0.0652 e. The van der Waals surface area contributed by atoms with Crippen LogP contribution in [-0.2, 0) is 0 Å². The Bertz CT molecular complexity index is 3260. The Morgan fingerprint density at radius 3 is 1.82 bits per heavy atom. The molecule has 2 heteroatoms. The Morgan fingerprint density at radius 2 is 1.02 bits per heavy atom. The Kier molecular flexibility index (Phi) is 3.26. The Morgan fingerprint density at radius 1 is 0.409 bits per heavy atom.